The molecular formula is C23H28N2O3. The number of nitrogens with one attached hydrogen (secondary N) is 1. The van der Waals surface area contributed by atoms with Crippen LogP contribution in [0.25, 0.3) is 0 Å². The molecule has 1 heterocycles. The number of piperidine rings is 1. The van der Waals surface area contributed by atoms with Gasteiger partial charge in [-0.2, -0.15) is 0 Å². The molecule has 5 heteroatoms. The summed E-state index contributed by atoms with van der Waals surface area (Å²) in [5.41, 5.74) is 4.55. The van der Waals surface area contributed by atoms with Crippen molar-refractivity contribution in [1.82, 2.24) is 4.90 Å². The Hall–Kier alpha value is -2.82. The first-order valence-corrected chi connectivity index (χ1v) is 9.70. The first-order valence-electron chi connectivity index (χ1n) is 9.70. The molecule has 28 heavy (non-hydrogen) atoms. The van der Waals surface area contributed by atoms with Crippen molar-refractivity contribution >= 4 is 17.5 Å². The third-order valence-electron chi connectivity index (χ3n) is 5.16. The largest absolute Gasteiger partial charge is 0.495 e. The molecule has 5 nitrogen and oxygen atoms in total. The molecule has 2 aromatic rings. The Kier molecular flexibility index (Phi) is 6.02. The lowest BCUT2D eigenvalue weighted by molar-refractivity contribution is -0.121. The first-order chi connectivity index (χ1) is 13.4. The Balaban J connectivity index is 1.71. The number of rotatable bonds is 4. The van der Waals surface area contributed by atoms with Crippen molar-refractivity contribution < 1.29 is 14.3 Å². The summed E-state index contributed by atoms with van der Waals surface area (Å²) in [5.74, 6) is 0.339. The van der Waals surface area contributed by atoms with E-state index < -0.39 is 0 Å². The maximum absolute atomic E-state index is 12.9. The van der Waals surface area contributed by atoms with Crippen LogP contribution in [0.15, 0.2) is 36.4 Å². The van der Waals surface area contributed by atoms with Crippen LogP contribution in [0, 0.1) is 26.7 Å². The molecule has 1 fully saturated rings. The maximum Gasteiger partial charge on any atom is 0.253 e. The zero-order chi connectivity index (χ0) is 20.3. The molecule has 1 atom stereocenters. The number of hydrogen-bond donors (Lipinski definition) is 1. The van der Waals surface area contributed by atoms with Gasteiger partial charge < -0.3 is 15.0 Å². The molecule has 3 rings (SSSR count). The molecule has 1 aliphatic rings. The van der Waals surface area contributed by atoms with Crippen LogP contribution < -0.4 is 10.1 Å². The standard InChI is InChI=1S/C23H28N2O3/c1-15-7-8-21(28-4)20(13-15)24-22(26)18-6-5-9-25(14-18)23(27)19-11-16(2)10-17(3)12-19/h7-8,10-13,18H,5-6,9,14H2,1-4H3,(H,24,26)/t18-/m1/s1. The number of ether oxygens (including phenoxy) is 1. The number of nitrogens with zero attached hydrogens (tertiary/aromatic N) is 1. The van der Waals surface area contributed by atoms with Gasteiger partial charge in [-0.15, -0.1) is 0 Å². The van der Waals surface area contributed by atoms with Gasteiger partial charge in [0.15, 0.2) is 0 Å². The molecule has 148 valence electrons. The molecule has 0 aliphatic carbocycles. The Labute approximate surface area is 166 Å². The summed E-state index contributed by atoms with van der Waals surface area (Å²) in [6.45, 7) is 7.08. The predicted octanol–water partition coefficient (Wildman–Crippen LogP) is 4.11. The van der Waals surface area contributed by atoms with Crippen LogP contribution in [0.3, 0.4) is 0 Å². The van der Waals surface area contributed by atoms with Gasteiger partial charge in [0.05, 0.1) is 18.7 Å². The van der Waals surface area contributed by atoms with E-state index in [4.69, 9.17) is 4.74 Å². The quantitative estimate of drug-likeness (QED) is 0.868. The molecule has 0 radical (unpaired) electrons. The highest BCUT2D eigenvalue weighted by Gasteiger charge is 2.29. The molecule has 2 aromatic carbocycles. The van der Waals surface area contributed by atoms with E-state index in [9.17, 15) is 9.59 Å². The van der Waals surface area contributed by atoms with Gasteiger partial charge >= 0.3 is 0 Å². The molecule has 0 saturated carbocycles. The van der Waals surface area contributed by atoms with Crippen LogP contribution in [0.1, 0.15) is 39.9 Å². The van der Waals surface area contributed by atoms with Crippen LogP contribution in [0.4, 0.5) is 5.69 Å². The van der Waals surface area contributed by atoms with Gasteiger partial charge in [0.2, 0.25) is 5.91 Å². The van der Waals surface area contributed by atoms with Crippen molar-refractivity contribution in [2.75, 3.05) is 25.5 Å². The van der Waals surface area contributed by atoms with Crippen molar-refractivity contribution in [2.45, 2.75) is 33.6 Å². The second-order valence-electron chi connectivity index (χ2n) is 7.66. The van der Waals surface area contributed by atoms with Gasteiger partial charge in [0.25, 0.3) is 5.91 Å². The number of aryl methyl sites for hydroxylation is 3. The highest BCUT2D eigenvalue weighted by atomic mass is 16.5. The molecule has 1 N–H and O–H groups in total. The zero-order valence-electron chi connectivity index (χ0n) is 17.0. The number of anilines is 1. The highest BCUT2D eigenvalue weighted by molar-refractivity contribution is 5.97. The van der Waals surface area contributed by atoms with Crippen molar-refractivity contribution in [3.8, 4) is 5.75 Å². The van der Waals surface area contributed by atoms with Crippen LogP contribution in [0.5, 0.6) is 5.75 Å². The summed E-state index contributed by atoms with van der Waals surface area (Å²) in [4.78, 5) is 27.6. The van der Waals surface area contributed by atoms with Crippen LogP contribution >= 0.6 is 0 Å². The van der Waals surface area contributed by atoms with E-state index in [1.165, 1.54) is 0 Å². The Morgan fingerprint density at radius 1 is 1.04 bits per heavy atom. The minimum atomic E-state index is -0.228. The summed E-state index contributed by atoms with van der Waals surface area (Å²) in [5, 5.41) is 2.99. The van der Waals surface area contributed by atoms with Gasteiger partial charge in [-0.25, -0.2) is 0 Å². The Bertz CT molecular complexity index is 871. The number of likely N-dealkylation sites (tertiary alicyclic amines) is 1. The second-order valence-corrected chi connectivity index (χ2v) is 7.66. The number of amides is 2. The lowest BCUT2D eigenvalue weighted by atomic mass is 9.96. The van der Waals surface area contributed by atoms with Crippen molar-refractivity contribution in [3.05, 3.63) is 58.7 Å². The predicted molar refractivity (Wildman–Crippen MR) is 111 cm³/mol. The van der Waals surface area contributed by atoms with Crippen molar-refractivity contribution in [2.24, 2.45) is 5.92 Å². The fraction of sp³-hybridized carbons (Fsp3) is 0.391. The molecule has 0 aromatic heterocycles. The van der Waals surface area contributed by atoms with E-state index in [0.717, 1.165) is 29.5 Å². The smallest absolute Gasteiger partial charge is 0.253 e. The summed E-state index contributed by atoms with van der Waals surface area (Å²) >= 11 is 0. The first kappa shape index (κ1) is 19.9. The highest BCUT2D eigenvalue weighted by Crippen LogP contribution is 2.27. The van der Waals surface area contributed by atoms with Gasteiger partial charge in [0, 0.05) is 18.7 Å². The van der Waals surface area contributed by atoms with Gasteiger partial charge in [-0.3, -0.25) is 9.59 Å². The summed E-state index contributed by atoms with van der Waals surface area (Å²) < 4.78 is 5.35. The van der Waals surface area contributed by atoms with Crippen LogP contribution in [-0.2, 0) is 4.79 Å². The van der Waals surface area contributed by atoms with E-state index in [-0.39, 0.29) is 17.7 Å². The van der Waals surface area contributed by atoms with Gasteiger partial charge in [-0.05, 0) is 63.4 Å². The topological polar surface area (TPSA) is 58.6 Å². The molecule has 0 bridgehead atoms. The molecular weight excluding hydrogens is 352 g/mol. The SMILES string of the molecule is COc1ccc(C)cc1NC(=O)[C@@H]1CCCN(C(=O)c2cc(C)cc(C)c2)C1. The second kappa shape index (κ2) is 8.46. The third kappa shape index (κ3) is 4.53. The summed E-state index contributed by atoms with van der Waals surface area (Å²) in [6, 6.07) is 11.6. The molecule has 0 unspecified atom stereocenters. The molecule has 1 saturated heterocycles. The van der Waals surface area contributed by atoms with E-state index in [1.54, 1.807) is 12.0 Å². The monoisotopic (exact) mass is 380 g/mol. The average molecular weight is 380 g/mol. The van der Waals surface area contributed by atoms with Crippen molar-refractivity contribution in [1.29, 1.82) is 0 Å². The normalized spacial score (nSPS) is 16.6. The van der Waals surface area contributed by atoms with Gasteiger partial charge in [-0.1, -0.05) is 23.3 Å². The van der Waals surface area contributed by atoms with E-state index in [0.29, 0.717) is 30.1 Å². The summed E-state index contributed by atoms with van der Waals surface area (Å²) in [7, 11) is 1.59. The zero-order valence-corrected chi connectivity index (χ0v) is 17.0. The molecule has 0 spiro atoms. The fourth-order valence-electron chi connectivity index (χ4n) is 3.81. The molecule has 1 aliphatic heterocycles. The van der Waals surface area contributed by atoms with Gasteiger partial charge in [0.1, 0.15) is 5.75 Å². The van der Waals surface area contributed by atoms with Crippen LogP contribution in [0.2, 0.25) is 0 Å². The van der Waals surface area contributed by atoms with Crippen molar-refractivity contribution in [3.63, 3.8) is 0 Å². The lowest BCUT2D eigenvalue weighted by Gasteiger charge is -2.32. The number of carbonyl (C=O) groups excluding carboxylic acids is 2. The Morgan fingerprint density at radius 2 is 1.75 bits per heavy atom. The van der Waals surface area contributed by atoms with Crippen LogP contribution in [-0.4, -0.2) is 36.9 Å². The third-order valence-corrected chi connectivity index (χ3v) is 5.16. The van der Waals surface area contributed by atoms with E-state index in [1.807, 2.05) is 51.1 Å². The number of carbonyl (C=O) groups is 2. The van der Waals surface area contributed by atoms with E-state index >= 15 is 0 Å². The summed E-state index contributed by atoms with van der Waals surface area (Å²) in [6.07, 6.45) is 1.59. The lowest BCUT2D eigenvalue weighted by Crippen LogP contribution is -2.43. The number of hydrogen-bond acceptors (Lipinski definition) is 3. The number of methoxy groups -OCH3 is 1. The minimum absolute atomic E-state index is 0.00237. The average Bonchev–Trinajstić information content (AvgIpc) is 2.67. The number of benzene rings is 2. The minimum Gasteiger partial charge on any atom is -0.495 e. The Morgan fingerprint density at radius 3 is 2.43 bits per heavy atom. The molecule has 2 amide bonds. The maximum atomic E-state index is 12.9. The fourth-order valence-corrected chi connectivity index (χ4v) is 3.81. The van der Waals surface area contributed by atoms with E-state index in [2.05, 4.69) is 11.4 Å².